The molecule has 1 aromatic carbocycles. The number of amides is 1. The van der Waals surface area contributed by atoms with Gasteiger partial charge in [0, 0.05) is 24.1 Å². The van der Waals surface area contributed by atoms with Crippen molar-refractivity contribution < 1.29 is 4.79 Å². The molecule has 98 valence electrons. The quantitative estimate of drug-likeness (QED) is 0.819. The van der Waals surface area contributed by atoms with Crippen molar-refractivity contribution in [3.63, 3.8) is 0 Å². The second-order valence-corrected chi connectivity index (χ2v) is 4.46. The fourth-order valence-corrected chi connectivity index (χ4v) is 1.73. The Kier molecular flexibility index (Phi) is 4.13. The van der Waals surface area contributed by atoms with Crippen molar-refractivity contribution in [3.8, 4) is 0 Å². The van der Waals surface area contributed by atoms with E-state index < -0.39 is 0 Å². The molecule has 1 aromatic heterocycles. The van der Waals surface area contributed by atoms with Crippen LogP contribution in [0.1, 0.15) is 16.8 Å². The lowest BCUT2D eigenvalue weighted by Gasteiger charge is -2.07. The first-order chi connectivity index (χ1) is 9.15. The maximum atomic E-state index is 11.8. The van der Waals surface area contributed by atoms with Crippen LogP contribution in [0.25, 0.3) is 0 Å². The van der Waals surface area contributed by atoms with E-state index in [0.717, 1.165) is 16.8 Å². The zero-order valence-corrected chi connectivity index (χ0v) is 10.9. The maximum absolute atomic E-state index is 11.8. The van der Waals surface area contributed by atoms with E-state index in [4.69, 9.17) is 5.73 Å². The number of carbonyl (C=O) groups is 1. The van der Waals surface area contributed by atoms with E-state index in [2.05, 4.69) is 10.3 Å². The largest absolute Gasteiger partial charge is 0.398 e. The van der Waals surface area contributed by atoms with Gasteiger partial charge in [-0.15, -0.1) is 0 Å². The van der Waals surface area contributed by atoms with Crippen LogP contribution in [0.15, 0.2) is 42.6 Å². The van der Waals surface area contributed by atoms with E-state index in [1.165, 1.54) is 0 Å². The van der Waals surface area contributed by atoms with Crippen molar-refractivity contribution >= 4 is 11.6 Å². The molecule has 0 atom stereocenters. The Balaban J connectivity index is 1.88. The first-order valence-electron chi connectivity index (χ1n) is 6.17. The van der Waals surface area contributed by atoms with Gasteiger partial charge < -0.3 is 11.1 Å². The number of carbonyl (C=O) groups excluding carboxylic acids is 1. The molecule has 3 N–H and O–H groups in total. The molecule has 2 rings (SSSR count). The van der Waals surface area contributed by atoms with Gasteiger partial charge in [-0.05, 0) is 30.2 Å². The van der Waals surface area contributed by atoms with Crippen LogP contribution in [0.2, 0.25) is 0 Å². The summed E-state index contributed by atoms with van der Waals surface area (Å²) in [4.78, 5) is 16.0. The lowest BCUT2D eigenvalue weighted by atomic mass is 10.1. The standard InChI is InChI=1S/C15H17N3O/c1-11-6-7-12(9-17-11)10-18-15(19)8-13-4-2-3-5-14(13)16/h2-7,9H,8,10,16H2,1H3,(H,18,19). The average Bonchev–Trinajstić information content (AvgIpc) is 2.41. The van der Waals surface area contributed by atoms with Crippen molar-refractivity contribution in [2.45, 2.75) is 19.9 Å². The fourth-order valence-electron chi connectivity index (χ4n) is 1.73. The van der Waals surface area contributed by atoms with E-state index in [0.29, 0.717) is 18.7 Å². The first kappa shape index (κ1) is 13.1. The Morgan fingerprint density at radius 2 is 2.05 bits per heavy atom. The van der Waals surface area contributed by atoms with Crippen molar-refractivity contribution in [2.24, 2.45) is 0 Å². The predicted octanol–water partition coefficient (Wildman–Crippen LogP) is 1.83. The molecule has 0 aliphatic rings. The van der Waals surface area contributed by atoms with Gasteiger partial charge in [0.2, 0.25) is 5.91 Å². The first-order valence-corrected chi connectivity index (χ1v) is 6.17. The highest BCUT2D eigenvalue weighted by Crippen LogP contribution is 2.10. The van der Waals surface area contributed by atoms with Gasteiger partial charge in [0.05, 0.1) is 6.42 Å². The van der Waals surface area contributed by atoms with Gasteiger partial charge in [0.1, 0.15) is 0 Å². The number of nitrogen functional groups attached to an aromatic ring is 1. The SMILES string of the molecule is Cc1ccc(CNC(=O)Cc2ccccc2N)cn1. The van der Waals surface area contributed by atoms with Gasteiger partial charge in [-0.1, -0.05) is 24.3 Å². The van der Waals surface area contributed by atoms with Gasteiger partial charge in [-0.3, -0.25) is 9.78 Å². The fraction of sp³-hybridized carbons (Fsp3) is 0.200. The van der Waals surface area contributed by atoms with Crippen LogP contribution in [0.5, 0.6) is 0 Å². The normalized spacial score (nSPS) is 10.2. The minimum absolute atomic E-state index is 0.0431. The number of aromatic nitrogens is 1. The molecule has 0 saturated carbocycles. The number of nitrogens with one attached hydrogen (secondary N) is 1. The Hall–Kier alpha value is -2.36. The number of benzene rings is 1. The highest BCUT2D eigenvalue weighted by molar-refractivity contribution is 5.80. The summed E-state index contributed by atoms with van der Waals surface area (Å²) in [5.41, 5.74) is 9.25. The van der Waals surface area contributed by atoms with Gasteiger partial charge in [0.25, 0.3) is 0 Å². The number of nitrogens with two attached hydrogens (primary N) is 1. The third kappa shape index (κ3) is 3.81. The van der Waals surface area contributed by atoms with E-state index >= 15 is 0 Å². The Labute approximate surface area is 112 Å². The molecular formula is C15H17N3O. The molecular weight excluding hydrogens is 238 g/mol. The summed E-state index contributed by atoms with van der Waals surface area (Å²) in [5.74, 6) is -0.0431. The van der Waals surface area contributed by atoms with Crippen LogP contribution in [-0.4, -0.2) is 10.9 Å². The molecule has 0 saturated heterocycles. The van der Waals surface area contributed by atoms with Gasteiger partial charge in [-0.2, -0.15) is 0 Å². The van der Waals surface area contributed by atoms with E-state index in [-0.39, 0.29) is 5.91 Å². The molecule has 0 unspecified atom stereocenters. The summed E-state index contributed by atoms with van der Waals surface area (Å²) >= 11 is 0. The van der Waals surface area contributed by atoms with Crippen LogP contribution >= 0.6 is 0 Å². The van der Waals surface area contributed by atoms with Crippen LogP contribution < -0.4 is 11.1 Å². The number of anilines is 1. The van der Waals surface area contributed by atoms with Crippen molar-refractivity contribution in [1.82, 2.24) is 10.3 Å². The predicted molar refractivity (Wildman–Crippen MR) is 75.4 cm³/mol. The number of hydrogen-bond acceptors (Lipinski definition) is 3. The van der Waals surface area contributed by atoms with Gasteiger partial charge >= 0.3 is 0 Å². The van der Waals surface area contributed by atoms with E-state index in [1.54, 1.807) is 12.3 Å². The zero-order chi connectivity index (χ0) is 13.7. The summed E-state index contributed by atoms with van der Waals surface area (Å²) in [6, 6.07) is 11.3. The summed E-state index contributed by atoms with van der Waals surface area (Å²) in [6.07, 6.45) is 2.07. The van der Waals surface area contributed by atoms with Crippen molar-refractivity contribution in [2.75, 3.05) is 5.73 Å². The molecule has 0 spiro atoms. The molecule has 0 radical (unpaired) electrons. The number of hydrogen-bond donors (Lipinski definition) is 2. The number of pyridine rings is 1. The molecule has 1 heterocycles. The molecule has 19 heavy (non-hydrogen) atoms. The van der Waals surface area contributed by atoms with Crippen molar-refractivity contribution in [1.29, 1.82) is 0 Å². The summed E-state index contributed by atoms with van der Waals surface area (Å²) in [5, 5.41) is 2.86. The third-order valence-corrected chi connectivity index (χ3v) is 2.87. The zero-order valence-electron chi connectivity index (χ0n) is 10.9. The molecule has 0 aliphatic carbocycles. The molecule has 0 bridgehead atoms. The molecule has 0 aliphatic heterocycles. The molecule has 2 aromatic rings. The van der Waals surface area contributed by atoms with Crippen LogP contribution in [-0.2, 0) is 17.8 Å². The lowest BCUT2D eigenvalue weighted by Crippen LogP contribution is -2.24. The molecule has 4 heteroatoms. The number of aryl methyl sites for hydroxylation is 1. The lowest BCUT2D eigenvalue weighted by molar-refractivity contribution is -0.120. The van der Waals surface area contributed by atoms with Crippen LogP contribution in [0, 0.1) is 6.92 Å². The number of para-hydroxylation sites is 1. The molecule has 0 fully saturated rings. The average molecular weight is 255 g/mol. The smallest absolute Gasteiger partial charge is 0.224 e. The Bertz CT molecular complexity index is 564. The van der Waals surface area contributed by atoms with E-state index in [9.17, 15) is 4.79 Å². The Morgan fingerprint density at radius 3 is 2.74 bits per heavy atom. The van der Waals surface area contributed by atoms with Crippen molar-refractivity contribution in [3.05, 3.63) is 59.4 Å². The molecule has 1 amide bonds. The third-order valence-electron chi connectivity index (χ3n) is 2.87. The summed E-state index contributed by atoms with van der Waals surface area (Å²) < 4.78 is 0. The minimum atomic E-state index is -0.0431. The second-order valence-electron chi connectivity index (χ2n) is 4.46. The minimum Gasteiger partial charge on any atom is -0.398 e. The maximum Gasteiger partial charge on any atom is 0.224 e. The Morgan fingerprint density at radius 1 is 1.26 bits per heavy atom. The monoisotopic (exact) mass is 255 g/mol. The summed E-state index contributed by atoms with van der Waals surface area (Å²) in [6.45, 7) is 2.42. The highest BCUT2D eigenvalue weighted by atomic mass is 16.1. The number of rotatable bonds is 4. The molecule has 4 nitrogen and oxygen atoms in total. The number of nitrogens with zero attached hydrogens (tertiary/aromatic N) is 1. The highest BCUT2D eigenvalue weighted by Gasteiger charge is 2.05. The topological polar surface area (TPSA) is 68.0 Å². The van der Waals surface area contributed by atoms with Gasteiger partial charge in [-0.25, -0.2) is 0 Å². The van der Waals surface area contributed by atoms with Crippen LogP contribution in [0.3, 0.4) is 0 Å². The van der Waals surface area contributed by atoms with E-state index in [1.807, 2.05) is 37.3 Å². The second kappa shape index (κ2) is 6.00. The van der Waals surface area contributed by atoms with Crippen LogP contribution in [0.4, 0.5) is 5.69 Å². The summed E-state index contributed by atoms with van der Waals surface area (Å²) in [7, 11) is 0. The van der Waals surface area contributed by atoms with Gasteiger partial charge in [0.15, 0.2) is 0 Å².